The van der Waals surface area contributed by atoms with Gasteiger partial charge in [0.25, 0.3) is 5.56 Å². The van der Waals surface area contributed by atoms with Crippen LogP contribution in [0.15, 0.2) is 40.3 Å². The van der Waals surface area contributed by atoms with E-state index < -0.39 is 11.5 Å². The Labute approximate surface area is 159 Å². The zero-order valence-corrected chi connectivity index (χ0v) is 15.8. The molecule has 0 fully saturated rings. The molecule has 2 rings (SSSR count). The number of hydrogen-bond acceptors (Lipinski definition) is 6. The van der Waals surface area contributed by atoms with Crippen LogP contribution >= 0.6 is 23.4 Å². The molecule has 138 valence electrons. The van der Waals surface area contributed by atoms with E-state index in [9.17, 15) is 14.4 Å². The van der Waals surface area contributed by atoms with Crippen LogP contribution in [0.1, 0.15) is 24.2 Å². The maximum Gasteiger partial charge on any atom is 0.311 e. The minimum atomic E-state index is -0.492. The van der Waals surface area contributed by atoms with Gasteiger partial charge < -0.3 is 15.0 Å². The topological polar surface area (TPSA) is 101 Å². The van der Waals surface area contributed by atoms with E-state index in [2.05, 4.69) is 20.0 Å². The van der Waals surface area contributed by atoms with E-state index in [1.807, 2.05) is 19.1 Å². The molecule has 1 aromatic heterocycles. The number of hydrogen-bond donors (Lipinski definition) is 2. The average molecular weight is 396 g/mol. The number of ether oxygens (including phenoxy) is 1. The van der Waals surface area contributed by atoms with Crippen molar-refractivity contribution >= 4 is 35.2 Å². The predicted octanol–water partition coefficient (Wildman–Crippen LogP) is 2.11. The van der Waals surface area contributed by atoms with Gasteiger partial charge in [-0.3, -0.25) is 14.4 Å². The van der Waals surface area contributed by atoms with E-state index in [-0.39, 0.29) is 35.0 Å². The Hall–Kier alpha value is -2.32. The Morgan fingerprint density at radius 2 is 2.04 bits per heavy atom. The Balaban J connectivity index is 1.93. The van der Waals surface area contributed by atoms with E-state index in [0.717, 1.165) is 17.3 Å². The van der Waals surface area contributed by atoms with Gasteiger partial charge in [-0.15, -0.1) is 0 Å². The molecule has 0 aliphatic heterocycles. The molecule has 0 aliphatic carbocycles. The number of nitrogens with one attached hydrogen (secondary N) is 2. The van der Waals surface area contributed by atoms with Crippen LogP contribution in [0.25, 0.3) is 0 Å². The zero-order valence-electron chi connectivity index (χ0n) is 14.2. The minimum absolute atomic E-state index is 0.0720. The lowest BCUT2D eigenvalue weighted by molar-refractivity contribution is -0.139. The highest BCUT2D eigenvalue weighted by Crippen LogP contribution is 2.17. The molecule has 1 aromatic carbocycles. The third-order valence-electron chi connectivity index (χ3n) is 3.41. The van der Waals surface area contributed by atoms with Crippen LogP contribution in [0.2, 0.25) is 5.02 Å². The van der Waals surface area contributed by atoms with Gasteiger partial charge in [0.1, 0.15) is 0 Å². The fourth-order valence-corrected chi connectivity index (χ4v) is 2.95. The molecule has 2 N–H and O–H groups in total. The predicted molar refractivity (Wildman–Crippen MR) is 99.3 cm³/mol. The molecule has 0 saturated carbocycles. The van der Waals surface area contributed by atoms with Crippen LogP contribution in [0.4, 0.5) is 0 Å². The summed E-state index contributed by atoms with van der Waals surface area (Å²) in [5.41, 5.74) is 0.828. The summed E-state index contributed by atoms with van der Waals surface area (Å²) in [6.45, 7) is 1.86. The fraction of sp³-hybridized carbons (Fsp3) is 0.294. The van der Waals surface area contributed by atoms with Gasteiger partial charge in [-0.2, -0.15) is 0 Å². The first kappa shape index (κ1) is 20.0. The lowest BCUT2D eigenvalue weighted by Gasteiger charge is -2.14. The van der Waals surface area contributed by atoms with Gasteiger partial charge in [0.15, 0.2) is 5.16 Å². The van der Waals surface area contributed by atoms with Crippen LogP contribution in [0.5, 0.6) is 0 Å². The monoisotopic (exact) mass is 395 g/mol. The maximum atomic E-state index is 12.1. The van der Waals surface area contributed by atoms with E-state index in [1.165, 1.54) is 13.2 Å². The number of rotatable bonds is 7. The maximum absolute atomic E-state index is 12.1. The molecule has 1 amide bonds. The van der Waals surface area contributed by atoms with Crippen molar-refractivity contribution in [1.82, 2.24) is 15.3 Å². The molecule has 26 heavy (non-hydrogen) atoms. The molecule has 9 heteroatoms. The molecule has 0 unspecified atom stereocenters. The zero-order chi connectivity index (χ0) is 19.1. The standard InChI is InChI=1S/C17H18ClN3O4S/c1-10(11-3-5-12(18)6-4-11)19-15(23)9-26-17-20-13(7-14(22)21-17)8-16(24)25-2/h3-7,10H,8-9H2,1-2H3,(H,19,23)(H,20,21,22)/t10-/m0/s1. The first-order valence-electron chi connectivity index (χ1n) is 7.72. The number of carbonyl (C=O) groups is 2. The third kappa shape index (κ3) is 6.20. The summed E-state index contributed by atoms with van der Waals surface area (Å²) in [6, 6.07) is 8.25. The fourth-order valence-electron chi connectivity index (χ4n) is 2.11. The Kier molecular flexibility index (Phi) is 7.23. The van der Waals surface area contributed by atoms with Crippen LogP contribution in [-0.2, 0) is 20.7 Å². The number of benzene rings is 1. The molecule has 0 spiro atoms. The third-order valence-corrected chi connectivity index (χ3v) is 4.54. The second kappa shape index (κ2) is 9.40. The Bertz CT molecular complexity index is 839. The van der Waals surface area contributed by atoms with Crippen molar-refractivity contribution in [2.24, 2.45) is 0 Å². The molecule has 7 nitrogen and oxygen atoms in total. The summed E-state index contributed by atoms with van der Waals surface area (Å²) in [7, 11) is 1.26. The van der Waals surface area contributed by atoms with Crippen molar-refractivity contribution < 1.29 is 14.3 Å². The Morgan fingerprint density at radius 1 is 1.35 bits per heavy atom. The van der Waals surface area contributed by atoms with Crippen LogP contribution in [0.3, 0.4) is 0 Å². The summed E-state index contributed by atoms with van der Waals surface area (Å²) in [6.07, 6.45) is -0.103. The number of carbonyl (C=O) groups excluding carboxylic acids is 2. The molecule has 0 saturated heterocycles. The van der Waals surface area contributed by atoms with Gasteiger partial charge in [0, 0.05) is 11.1 Å². The van der Waals surface area contributed by atoms with E-state index >= 15 is 0 Å². The van der Waals surface area contributed by atoms with Gasteiger partial charge in [-0.05, 0) is 24.6 Å². The van der Waals surface area contributed by atoms with E-state index in [4.69, 9.17) is 11.6 Å². The van der Waals surface area contributed by atoms with Gasteiger partial charge in [0.05, 0.1) is 31.0 Å². The van der Waals surface area contributed by atoms with Crippen molar-refractivity contribution in [3.05, 3.63) is 57.0 Å². The molecular formula is C17H18ClN3O4S. The van der Waals surface area contributed by atoms with Crippen molar-refractivity contribution in [3.63, 3.8) is 0 Å². The van der Waals surface area contributed by atoms with Gasteiger partial charge in [-0.25, -0.2) is 4.98 Å². The summed E-state index contributed by atoms with van der Waals surface area (Å²) in [5.74, 6) is -0.630. The van der Waals surface area contributed by atoms with Crippen molar-refractivity contribution in [2.45, 2.75) is 24.5 Å². The number of halogens is 1. The second-order valence-electron chi connectivity index (χ2n) is 5.42. The number of nitrogens with zero attached hydrogens (tertiary/aromatic N) is 1. The average Bonchev–Trinajstić information content (AvgIpc) is 2.60. The summed E-state index contributed by atoms with van der Waals surface area (Å²) >= 11 is 6.93. The highest BCUT2D eigenvalue weighted by molar-refractivity contribution is 7.99. The van der Waals surface area contributed by atoms with Crippen molar-refractivity contribution in [1.29, 1.82) is 0 Å². The lowest BCUT2D eigenvalue weighted by Crippen LogP contribution is -2.28. The van der Waals surface area contributed by atoms with Crippen molar-refractivity contribution in [3.8, 4) is 0 Å². The lowest BCUT2D eigenvalue weighted by atomic mass is 10.1. The molecular weight excluding hydrogens is 378 g/mol. The molecule has 0 bridgehead atoms. The summed E-state index contributed by atoms with van der Waals surface area (Å²) < 4.78 is 4.55. The molecule has 1 heterocycles. The van der Waals surface area contributed by atoms with Crippen LogP contribution in [-0.4, -0.2) is 34.7 Å². The molecule has 0 radical (unpaired) electrons. The molecule has 1 atom stereocenters. The SMILES string of the molecule is COC(=O)Cc1cc(=O)[nH]c(SCC(=O)N[C@@H](C)c2ccc(Cl)cc2)n1. The smallest absolute Gasteiger partial charge is 0.311 e. The number of amides is 1. The molecule has 2 aromatic rings. The Morgan fingerprint density at radius 3 is 2.69 bits per heavy atom. The number of H-pyrrole nitrogens is 1. The number of aromatic nitrogens is 2. The van der Waals surface area contributed by atoms with E-state index in [1.54, 1.807) is 12.1 Å². The van der Waals surface area contributed by atoms with Gasteiger partial charge in [0.2, 0.25) is 5.91 Å². The highest BCUT2D eigenvalue weighted by atomic mass is 35.5. The van der Waals surface area contributed by atoms with Gasteiger partial charge in [-0.1, -0.05) is 35.5 Å². The van der Waals surface area contributed by atoms with Crippen LogP contribution < -0.4 is 10.9 Å². The van der Waals surface area contributed by atoms with Crippen LogP contribution in [0, 0.1) is 0 Å². The second-order valence-corrected chi connectivity index (χ2v) is 6.82. The minimum Gasteiger partial charge on any atom is -0.469 e. The first-order valence-corrected chi connectivity index (χ1v) is 9.08. The normalized spacial score (nSPS) is 11.7. The highest BCUT2D eigenvalue weighted by Gasteiger charge is 2.12. The summed E-state index contributed by atoms with van der Waals surface area (Å²) in [4.78, 5) is 41.7. The number of aromatic amines is 1. The summed E-state index contributed by atoms with van der Waals surface area (Å²) in [5, 5.41) is 3.76. The number of methoxy groups -OCH3 is 1. The number of thioether (sulfide) groups is 1. The number of esters is 1. The first-order chi connectivity index (χ1) is 12.4. The van der Waals surface area contributed by atoms with Crippen molar-refractivity contribution in [2.75, 3.05) is 12.9 Å². The quantitative estimate of drug-likeness (QED) is 0.423. The molecule has 0 aliphatic rings. The largest absolute Gasteiger partial charge is 0.469 e. The van der Waals surface area contributed by atoms with Gasteiger partial charge >= 0.3 is 5.97 Å². The van der Waals surface area contributed by atoms with E-state index in [0.29, 0.717) is 5.02 Å².